The van der Waals surface area contributed by atoms with Crippen LogP contribution in [0.5, 0.6) is 11.5 Å². The average Bonchev–Trinajstić information content (AvgIpc) is 3.08. The fourth-order valence-electron chi connectivity index (χ4n) is 1.98. The summed E-state index contributed by atoms with van der Waals surface area (Å²) >= 11 is 1.72. The fourth-order valence-corrected chi connectivity index (χ4v) is 2.63. The van der Waals surface area contributed by atoms with Gasteiger partial charge < -0.3 is 20.1 Å². The van der Waals surface area contributed by atoms with Crippen LogP contribution in [0.25, 0.3) is 0 Å². The molecule has 1 heterocycles. The van der Waals surface area contributed by atoms with Crippen molar-refractivity contribution in [3.63, 3.8) is 0 Å². The predicted octanol–water partition coefficient (Wildman–Crippen LogP) is 2.63. The van der Waals surface area contributed by atoms with Crippen molar-refractivity contribution in [3.05, 3.63) is 46.2 Å². The van der Waals surface area contributed by atoms with Crippen molar-refractivity contribution in [2.45, 2.75) is 13.1 Å². The number of ether oxygens (including phenoxy) is 2. The van der Waals surface area contributed by atoms with Crippen molar-refractivity contribution in [1.29, 1.82) is 0 Å². The predicted molar refractivity (Wildman–Crippen MR) is 90.9 cm³/mol. The maximum Gasteiger partial charge on any atom is 0.191 e. The lowest BCUT2D eigenvalue weighted by Gasteiger charge is -2.13. The molecule has 0 aliphatic rings. The summed E-state index contributed by atoms with van der Waals surface area (Å²) in [5.41, 5.74) is 1.09. The van der Waals surface area contributed by atoms with Gasteiger partial charge in [0.25, 0.3) is 0 Å². The smallest absolute Gasteiger partial charge is 0.191 e. The molecule has 0 aliphatic carbocycles. The van der Waals surface area contributed by atoms with E-state index < -0.39 is 0 Å². The second-order valence-corrected chi connectivity index (χ2v) is 5.58. The number of thiophene rings is 1. The van der Waals surface area contributed by atoms with Crippen molar-refractivity contribution in [1.82, 2.24) is 10.6 Å². The summed E-state index contributed by atoms with van der Waals surface area (Å²) in [6.45, 7) is 1.42. The van der Waals surface area contributed by atoms with E-state index >= 15 is 0 Å². The summed E-state index contributed by atoms with van der Waals surface area (Å²) in [5.74, 6) is 2.22. The van der Waals surface area contributed by atoms with Gasteiger partial charge in [0.15, 0.2) is 17.5 Å². The molecule has 0 fully saturated rings. The third-order valence-corrected chi connectivity index (χ3v) is 4.02. The SMILES string of the molecule is CN=C(NCc1ccc(OC)c(OC)c1)NCc1cccs1. The first-order valence-electron chi connectivity index (χ1n) is 6.94. The largest absolute Gasteiger partial charge is 0.493 e. The van der Waals surface area contributed by atoms with E-state index in [1.165, 1.54) is 4.88 Å². The van der Waals surface area contributed by atoms with Crippen LogP contribution in [0.2, 0.25) is 0 Å². The van der Waals surface area contributed by atoms with Crippen LogP contribution >= 0.6 is 11.3 Å². The van der Waals surface area contributed by atoms with Gasteiger partial charge in [0.05, 0.1) is 20.8 Å². The number of guanidine groups is 1. The Kier molecular flexibility index (Phi) is 6.09. The molecule has 2 N–H and O–H groups in total. The molecule has 0 radical (unpaired) electrons. The highest BCUT2D eigenvalue weighted by Crippen LogP contribution is 2.27. The van der Waals surface area contributed by atoms with Gasteiger partial charge in [-0.3, -0.25) is 4.99 Å². The van der Waals surface area contributed by atoms with E-state index in [1.807, 2.05) is 24.3 Å². The molecule has 2 aromatic rings. The first-order valence-corrected chi connectivity index (χ1v) is 7.82. The zero-order valence-corrected chi connectivity index (χ0v) is 13.9. The summed E-state index contributed by atoms with van der Waals surface area (Å²) in [6, 6.07) is 10.00. The minimum Gasteiger partial charge on any atom is -0.493 e. The third kappa shape index (κ3) is 4.39. The average molecular weight is 319 g/mol. The lowest BCUT2D eigenvalue weighted by molar-refractivity contribution is 0.354. The van der Waals surface area contributed by atoms with Gasteiger partial charge in [-0.1, -0.05) is 12.1 Å². The third-order valence-electron chi connectivity index (χ3n) is 3.14. The maximum atomic E-state index is 5.31. The van der Waals surface area contributed by atoms with Crippen LogP contribution < -0.4 is 20.1 Å². The lowest BCUT2D eigenvalue weighted by atomic mass is 10.2. The summed E-state index contributed by atoms with van der Waals surface area (Å²) in [7, 11) is 5.03. The molecule has 1 aromatic carbocycles. The van der Waals surface area contributed by atoms with E-state index in [4.69, 9.17) is 9.47 Å². The van der Waals surface area contributed by atoms with Crippen LogP contribution in [-0.2, 0) is 13.1 Å². The van der Waals surface area contributed by atoms with Crippen molar-refractivity contribution in [2.75, 3.05) is 21.3 Å². The van der Waals surface area contributed by atoms with E-state index in [2.05, 4.69) is 27.1 Å². The number of methoxy groups -OCH3 is 2. The van der Waals surface area contributed by atoms with E-state index in [1.54, 1.807) is 32.6 Å². The van der Waals surface area contributed by atoms with Crippen LogP contribution in [0.1, 0.15) is 10.4 Å². The molecule has 2 rings (SSSR count). The molecular formula is C16H21N3O2S. The Bertz CT molecular complexity index is 612. The summed E-state index contributed by atoms with van der Waals surface area (Å²) in [5, 5.41) is 8.64. The number of nitrogens with zero attached hydrogens (tertiary/aromatic N) is 1. The lowest BCUT2D eigenvalue weighted by Crippen LogP contribution is -2.36. The van der Waals surface area contributed by atoms with Gasteiger partial charge in [-0.15, -0.1) is 11.3 Å². The van der Waals surface area contributed by atoms with Crippen LogP contribution in [0.4, 0.5) is 0 Å². The number of hydrogen-bond donors (Lipinski definition) is 2. The second kappa shape index (κ2) is 8.29. The molecule has 0 amide bonds. The van der Waals surface area contributed by atoms with Crippen LogP contribution in [0.3, 0.4) is 0 Å². The van der Waals surface area contributed by atoms with Crippen molar-refractivity contribution < 1.29 is 9.47 Å². The Morgan fingerprint density at radius 1 is 1.09 bits per heavy atom. The van der Waals surface area contributed by atoms with Gasteiger partial charge in [0, 0.05) is 18.5 Å². The molecule has 118 valence electrons. The molecule has 0 aliphatic heterocycles. The minimum absolute atomic E-state index is 0.657. The quantitative estimate of drug-likeness (QED) is 0.635. The van der Waals surface area contributed by atoms with E-state index in [9.17, 15) is 0 Å². The number of benzene rings is 1. The Labute approximate surface area is 135 Å². The molecule has 6 heteroatoms. The molecule has 0 atom stereocenters. The van der Waals surface area contributed by atoms with E-state index in [0.29, 0.717) is 6.54 Å². The molecule has 22 heavy (non-hydrogen) atoms. The zero-order valence-electron chi connectivity index (χ0n) is 13.1. The number of hydrogen-bond acceptors (Lipinski definition) is 4. The summed E-state index contributed by atoms with van der Waals surface area (Å²) < 4.78 is 10.5. The summed E-state index contributed by atoms with van der Waals surface area (Å²) in [4.78, 5) is 5.49. The molecule has 0 spiro atoms. The number of nitrogens with one attached hydrogen (secondary N) is 2. The first kappa shape index (κ1) is 16.2. The normalized spacial score (nSPS) is 11.1. The summed E-state index contributed by atoms with van der Waals surface area (Å²) in [6.07, 6.45) is 0. The Hall–Kier alpha value is -2.21. The Morgan fingerprint density at radius 2 is 1.86 bits per heavy atom. The molecule has 1 aromatic heterocycles. The van der Waals surface area contributed by atoms with Gasteiger partial charge in [-0.2, -0.15) is 0 Å². The molecule has 0 saturated carbocycles. The highest BCUT2D eigenvalue weighted by Gasteiger charge is 2.05. The molecule has 0 bridgehead atoms. The molecule has 0 unspecified atom stereocenters. The number of rotatable bonds is 6. The topological polar surface area (TPSA) is 54.9 Å². The van der Waals surface area contributed by atoms with Crippen molar-refractivity contribution in [3.8, 4) is 11.5 Å². The zero-order chi connectivity index (χ0) is 15.8. The van der Waals surface area contributed by atoms with Crippen molar-refractivity contribution in [2.24, 2.45) is 4.99 Å². The van der Waals surface area contributed by atoms with Gasteiger partial charge in [0.1, 0.15) is 0 Å². The molecule has 5 nitrogen and oxygen atoms in total. The van der Waals surface area contributed by atoms with Gasteiger partial charge in [0.2, 0.25) is 0 Å². The highest BCUT2D eigenvalue weighted by atomic mass is 32.1. The van der Waals surface area contributed by atoms with Crippen molar-refractivity contribution >= 4 is 17.3 Å². The highest BCUT2D eigenvalue weighted by molar-refractivity contribution is 7.09. The maximum absolute atomic E-state index is 5.31. The number of aliphatic imine (C=N–C) groups is 1. The standard InChI is InChI=1S/C16H21N3O2S/c1-17-16(19-11-13-5-4-8-22-13)18-10-12-6-7-14(20-2)15(9-12)21-3/h4-9H,10-11H2,1-3H3,(H2,17,18,19). The van der Waals surface area contributed by atoms with E-state index in [-0.39, 0.29) is 0 Å². The molecular weight excluding hydrogens is 298 g/mol. The first-order chi connectivity index (χ1) is 10.8. The van der Waals surface area contributed by atoms with Crippen LogP contribution in [0.15, 0.2) is 40.7 Å². The van der Waals surface area contributed by atoms with Gasteiger partial charge in [-0.05, 0) is 29.1 Å². The minimum atomic E-state index is 0.657. The fraction of sp³-hybridized carbons (Fsp3) is 0.312. The van der Waals surface area contributed by atoms with Gasteiger partial charge >= 0.3 is 0 Å². The van der Waals surface area contributed by atoms with Crippen LogP contribution in [0, 0.1) is 0 Å². The second-order valence-electron chi connectivity index (χ2n) is 4.55. The Balaban J connectivity index is 1.90. The van der Waals surface area contributed by atoms with Gasteiger partial charge in [-0.25, -0.2) is 0 Å². The van der Waals surface area contributed by atoms with E-state index in [0.717, 1.165) is 29.6 Å². The van der Waals surface area contributed by atoms with Crippen LogP contribution in [-0.4, -0.2) is 27.2 Å². The monoisotopic (exact) mass is 319 g/mol. The molecule has 0 saturated heterocycles. The Morgan fingerprint density at radius 3 is 2.50 bits per heavy atom.